The third-order valence-electron chi connectivity index (χ3n) is 2.18. The zero-order valence-corrected chi connectivity index (χ0v) is 10.5. The summed E-state index contributed by atoms with van der Waals surface area (Å²) in [6.07, 6.45) is 2.81. The molecule has 1 amide bonds. The summed E-state index contributed by atoms with van der Waals surface area (Å²) >= 11 is 3.45. The normalized spacial score (nSPS) is 10.9. The maximum Gasteiger partial charge on any atom is 0.241 e. The number of rotatable bonds is 3. The van der Waals surface area contributed by atoms with Gasteiger partial charge in [-0.1, -0.05) is 34.1 Å². The summed E-state index contributed by atoms with van der Waals surface area (Å²) in [6, 6.07) is 11.4. The Morgan fingerprint density at radius 1 is 1.24 bits per heavy atom. The van der Waals surface area contributed by atoms with Crippen LogP contribution in [0.2, 0.25) is 0 Å². The van der Waals surface area contributed by atoms with Crippen molar-refractivity contribution in [1.29, 1.82) is 0 Å². The maximum absolute atomic E-state index is 10.6. The first-order valence-electron chi connectivity index (χ1n) is 4.99. The van der Waals surface area contributed by atoms with Crippen LogP contribution >= 0.6 is 15.9 Å². The first-order chi connectivity index (χ1) is 8.16. The number of benzene rings is 1. The number of carbonyl (C=O) groups is 1. The second kappa shape index (κ2) is 5.01. The molecular weight excluding hydrogens is 282 g/mol. The molecule has 1 aromatic carbocycles. The van der Waals surface area contributed by atoms with E-state index in [0.29, 0.717) is 5.76 Å². The van der Waals surface area contributed by atoms with E-state index >= 15 is 0 Å². The van der Waals surface area contributed by atoms with E-state index in [9.17, 15) is 4.79 Å². The van der Waals surface area contributed by atoms with Crippen LogP contribution in [0, 0.1) is 0 Å². The largest absolute Gasteiger partial charge is 0.457 e. The van der Waals surface area contributed by atoms with E-state index in [4.69, 9.17) is 10.2 Å². The summed E-state index contributed by atoms with van der Waals surface area (Å²) in [4.78, 5) is 10.6. The molecule has 0 radical (unpaired) electrons. The fraction of sp³-hybridized carbons (Fsp3) is 0. The van der Waals surface area contributed by atoms with E-state index in [1.54, 1.807) is 12.1 Å². The summed E-state index contributed by atoms with van der Waals surface area (Å²) in [5.41, 5.74) is 5.97. The highest BCUT2D eigenvalue weighted by molar-refractivity contribution is 9.10. The topological polar surface area (TPSA) is 56.2 Å². The van der Waals surface area contributed by atoms with Crippen molar-refractivity contribution in [3.63, 3.8) is 0 Å². The van der Waals surface area contributed by atoms with Crippen molar-refractivity contribution in [3.8, 4) is 11.3 Å². The molecule has 0 saturated carbocycles. The maximum atomic E-state index is 10.6. The van der Waals surface area contributed by atoms with E-state index in [0.717, 1.165) is 15.8 Å². The monoisotopic (exact) mass is 291 g/mol. The average Bonchev–Trinajstić information content (AvgIpc) is 2.75. The zero-order chi connectivity index (χ0) is 12.3. The third-order valence-corrected chi connectivity index (χ3v) is 2.87. The van der Waals surface area contributed by atoms with Crippen LogP contribution in [-0.2, 0) is 4.79 Å². The Bertz CT molecular complexity index is 572. The molecule has 0 aliphatic carbocycles. The number of hydrogen-bond acceptors (Lipinski definition) is 2. The van der Waals surface area contributed by atoms with E-state index in [2.05, 4.69) is 15.9 Å². The van der Waals surface area contributed by atoms with Gasteiger partial charge >= 0.3 is 0 Å². The van der Waals surface area contributed by atoms with Gasteiger partial charge in [-0.05, 0) is 24.3 Å². The lowest BCUT2D eigenvalue weighted by Crippen LogP contribution is -2.04. The fourth-order valence-corrected chi connectivity index (χ4v) is 1.89. The molecule has 0 saturated heterocycles. The highest BCUT2D eigenvalue weighted by atomic mass is 79.9. The van der Waals surface area contributed by atoms with Crippen molar-refractivity contribution < 1.29 is 9.21 Å². The fourth-order valence-electron chi connectivity index (χ4n) is 1.41. The molecule has 1 aromatic heterocycles. The number of halogens is 1. The molecule has 0 spiro atoms. The van der Waals surface area contributed by atoms with Gasteiger partial charge in [0.2, 0.25) is 5.91 Å². The predicted molar refractivity (Wildman–Crippen MR) is 70.1 cm³/mol. The average molecular weight is 292 g/mol. The van der Waals surface area contributed by atoms with E-state index in [-0.39, 0.29) is 0 Å². The second-order valence-corrected chi connectivity index (χ2v) is 4.27. The van der Waals surface area contributed by atoms with Gasteiger partial charge in [-0.15, -0.1) is 0 Å². The third kappa shape index (κ3) is 2.85. The predicted octanol–water partition coefficient (Wildman–Crippen LogP) is 3.21. The number of nitrogens with two attached hydrogens (primary N) is 1. The molecule has 0 fully saturated rings. The summed E-state index contributed by atoms with van der Waals surface area (Å²) in [7, 11) is 0. The molecule has 2 N–H and O–H groups in total. The Kier molecular flexibility index (Phi) is 3.44. The number of furan rings is 1. The summed E-state index contributed by atoms with van der Waals surface area (Å²) < 4.78 is 6.53. The van der Waals surface area contributed by atoms with Crippen LogP contribution in [0.1, 0.15) is 5.76 Å². The molecule has 86 valence electrons. The minimum Gasteiger partial charge on any atom is -0.457 e. The van der Waals surface area contributed by atoms with E-state index < -0.39 is 5.91 Å². The Hall–Kier alpha value is -1.81. The second-order valence-electron chi connectivity index (χ2n) is 3.42. The molecule has 4 heteroatoms. The first kappa shape index (κ1) is 11.7. The highest BCUT2D eigenvalue weighted by Crippen LogP contribution is 2.29. The van der Waals surface area contributed by atoms with Crippen molar-refractivity contribution in [1.82, 2.24) is 0 Å². The first-order valence-corrected chi connectivity index (χ1v) is 5.78. The Morgan fingerprint density at radius 2 is 2.00 bits per heavy atom. The summed E-state index contributed by atoms with van der Waals surface area (Å²) in [6.45, 7) is 0. The van der Waals surface area contributed by atoms with Crippen LogP contribution in [0.4, 0.5) is 0 Å². The van der Waals surface area contributed by atoms with Gasteiger partial charge in [-0.3, -0.25) is 4.79 Å². The lowest BCUT2D eigenvalue weighted by molar-refractivity contribution is -0.113. The molecule has 0 aliphatic rings. The molecule has 2 aromatic rings. The van der Waals surface area contributed by atoms with Gasteiger partial charge in [0.1, 0.15) is 11.5 Å². The van der Waals surface area contributed by atoms with Crippen LogP contribution in [0.5, 0.6) is 0 Å². The van der Waals surface area contributed by atoms with Gasteiger partial charge in [0.25, 0.3) is 0 Å². The molecule has 17 heavy (non-hydrogen) atoms. The van der Waals surface area contributed by atoms with E-state index in [1.165, 1.54) is 6.08 Å². The molecule has 2 rings (SSSR count). The van der Waals surface area contributed by atoms with Gasteiger partial charge < -0.3 is 10.2 Å². The van der Waals surface area contributed by atoms with Crippen molar-refractivity contribution in [2.75, 3.05) is 0 Å². The number of primary amides is 1. The minimum atomic E-state index is -0.496. The van der Waals surface area contributed by atoms with Crippen LogP contribution in [-0.4, -0.2) is 5.91 Å². The van der Waals surface area contributed by atoms with Gasteiger partial charge in [0.05, 0.1) is 0 Å². The quantitative estimate of drug-likeness (QED) is 0.883. The molecule has 0 atom stereocenters. The standard InChI is InChI=1S/C13H10BrNO2/c14-11-4-2-1-3-10(11)12-7-5-9(17-12)6-8-13(15)16/h1-8H,(H2,15,16)/b8-6+. The minimum absolute atomic E-state index is 0.496. The smallest absolute Gasteiger partial charge is 0.241 e. The Balaban J connectivity index is 2.30. The van der Waals surface area contributed by atoms with Gasteiger partial charge in [-0.25, -0.2) is 0 Å². The van der Waals surface area contributed by atoms with Gasteiger partial charge in [-0.2, -0.15) is 0 Å². The van der Waals surface area contributed by atoms with Crippen LogP contribution in [0.3, 0.4) is 0 Å². The summed E-state index contributed by atoms with van der Waals surface area (Å²) in [5.74, 6) is 0.833. The van der Waals surface area contributed by atoms with Crippen LogP contribution in [0.25, 0.3) is 17.4 Å². The van der Waals surface area contributed by atoms with Gasteiger partial charge in [0, 0.05) is 16.1 Å². The van der Waals surface area contributed by atoms with Crippen molar-refractivity contribution in [3.05, 3.63) is 52.7 Å². The van der Waals surface area contributed by atoms with Gasteiger partial charge in [0.15, 0.2) is 0 Å². The molecule has 3 nitrogen and oxygen atoms in total. The van der Waals surface area contributed by atoms with Crippen molar-refractivity contribution in [2.24, 2.45) is 5.73 Å². The summed E-state index contributed by atoms with van der Waals surface area (Å²) in [5, 5.41) is 0. The molecule has 0 unspecified atom stereocenters. The number of hydrogen-bond donors (Lipinski definition) is 1. The molecule has 1 heterocycles. The van der Waals surface area contributed by atoms with Crippen LogP contribution in [0.15, 0.2) is 51.4 Å². The number of amides is 1. The SMILES string of the molecule is NC(=O)/C=C/c1ccc(-c2ccccc2Br)o1. The van der Waals surface area contributed by atoms with Crippen molar-refractivity contribution >= 4 is 27.9 Å². The zero-order valence-electron chi connectivity index (χ0n) is 8.89. The number of carbonyl (C=O) groups excluding carboxylic acids is 1. The lowest BCUT2D eigenvalue weighted by Gasteiger charge is -1.99. The molecular formula is C13H10BrNO2. The van der Waals surface area contributed by atoms with E-state index in [1.807, 2.05) is 30.3 Å². The van der Waals surface area contributed by atoms with Crippen molar-refractivity contribution in [2.45, 2.75) is 0 Å². The Morgan fingerprint density at radius 3 is 2.71 bits per heavy atom. The highest BCUT2D eigenvalue weighted by Gasteiger charge is 2.06. The lowest BCUT2D eigenvalue weighted by atomic mass is 10.2. The molecule has 0 aliphatic heterocycles. The molecule has 0 bridgehead atoms. The Labute approximate surface area is 107 Å². The van der Waals surface area contributed by atoms with Crippen LogP contribution < -0.4 is 5.73 Å².